The molecule has 3 unspecified atom stereocenters. The largest absolute Gasteiger partial charge is 0.480 e. The zero-order valence-corrected chi connectivity index (χ0v) is 22.4. The molecule has 3 amide bonds. The highest BCUT2D eigenvalue weighted by Crippen LogP contribution is 2.35. The van der Waals surface area contributed by atoms with Gasteiger partial charge in [-0.1, -0.05) is 31.4 Å². The Labute approximate surface area is 222 Å². The lowest BCUT2D eigenvalue weighted by Crippen LogP contribution is -2.48. The first kappa shape index (κ1) is 27.9. The zero-order valence-electron chi connectivity index (χ0n) is 22.4. The van der Waals surface area contributed by atoms with Crippen molar-refractivity contribution in [2.45, 2.75) is 96.5 Å². The number of carbonyl (C=O) groups excluding carboxylic acids is 3. The maximum atomic E-state index is 14.1. The molecule has 3 atom stereocenters. The van der Waals surface area contributed by atoms with Gasteiger partial charge in [0, 0.05) is 36.4 Å². The lowest BCUT2D eigenvalue weighted by Gasteiger charge is -2.34. The minimum absolute atomic E-state index is 0.00369. The molecule has 0 spiro atoms. The first-order valence-electron chi connectivity index (χ1n) is 13.5. The molecule has 1 saturated heterocycles. The number of rotatable bonds is 6. The summed E-state index contributed by atoms with van der Waals surface area (Å²) in [5, 5.41) is 12.8. The van der Waals surface area contributed by atoms with Crippen molar-refractivity contribution in [1.29, 1.82) is 0 Å². The molecule has 0 radical (unpaired) electrons. The fraction of sp³-hybridized carbons (Fsp3) is 0.643. The van der Waals surface area contributed by atoms with E-state index >= 15 is 0 Å². The maximum absolute atomic E-state index is 14.1. The minimum atomic E-state index is -1.17. The average molecular weight is 532 g/mol. The highest BCUT2D eigenvalue weighted by molar-refractivity contribution is 5.89. The molecule has 1 aliphatic carbocycles. The van der Waals surface area contributed by atoms with Crippen molar-refractivity contribution in [3.8, 4) is 0 Å². The third kappa shape index (κ3) is 6.45. The number of amides is 3. The van der Waals surface area contributed by atoms with Crippen molar-refractivity contribution < 1.29 is 33.4 Å². The Morgan fingerprint density at radius 2 is 1.84 bits per heavy atom. The van der Waals surface area contributed by atoms with Crippen molar-refractivity contribution in [3.05, 3.63) is 35.1 Å². The number of likely N-dealkylation sites (tertiary alicyclic amines) is 1. The van der Waals surface area contributed by atoms with E-state index in [0.29, 0.717) is 11.1 Å². The maximum Gasteiger partial charge on any atom is 0.410 e. The third-order valence-electron chi connectivity index (χ3n) is 7.74. The van der Waals surface area contributed by atoms with Gasteiger partial charge in [0.15, 0.2) is 0 Å². The van der Waals surface area contributed by atoms with Crippen LogP contribution in [0.4, 0.5) is 9.18 Å². The molecule has 38 heavy (non-hydrogen) atoms. The van der Waals surface area contributed by atoms with Gasteiger partial charge >= 0.3 is 12.1 Å². The molecule has 9 nitrogen and oxygen atoms in total. The van der Waals surface area contributed by atoms with Crippen LogP contribution in [-0.2, 0) is 32.2 Å². The van der Waals surface area contributed by atoms with Crippen molar-refractivity contribution in [3.63, 3.8) is 0 Å². The molecule has 208 valence electrons. The van der Waals surface area contributed by atoms with E-state index in [1.165, 1.54) is 15.9 Å². The van der Waals surface area contributed by atoms with Gasteiger partial charge in [-0.05, 0) is 51.2 Å². The molecule has 3 aliphatic rings. The number of benzene rings is 1. The molecule has 2 aliphatic heterocycles. The number of nitrogens with one attached hydrogen (secondary N) is 1. The normalized spacial score (nSPS) is 22.6. The Bertz CT molecular complexity index is 1080. The number of nitrogens with zero attached hydrogens (tertiary/aromatic N) is 2. The van der Waals surface area contributed by atoms with Gasteiger partial charge in [-0.3, -0.25) is 14.5 Å². The summed E-state index contributed by atoms with van der Waals surface area (Å²) < 4.78 is 19.7. The summed E-state index contributed by atoms with van der Waals surface area (Å²) >= 11 is 0. The van der Waals surface area contributed by atoms with Gasteiger partial charge in [-0.25, -0.2) is 14.0 Å². The first-order chi connectivity index (χ1) is 17.9. The molecular formula is C28H38FN3O6. The van der Waals surface area contributed by atoms with E-state index in [0.717, 1.165) is 32.1 Å². The third-order valence-corrected chi connectivity index (χ3v) is 7.74. The van der Waals surface area contributed by atoms with Crippen LogP contribution in [0.5, 0.6) is 0 Å². The van der Waals surface area contributed by atoms with Crippen molar-refractivity contribution in [1.82, 2.24) is 15.1 Å². The van der Waals surface area contributed by atoms with E-state index in [2.05, 4.69) is 5.32 Å². The van der Waals surface area contributed by atoms with Crippen LogP contribution in [0.3, 0.4) is 0 Å². The van der Waals surface area contributed by atoms with Crippen molar-refractivity contribution in [2.24, 2.45) is 11.8 Å². The smallest absolute Gasteiger partial charge is 0.410 e. The molecule has 0 bridgehead atoms. The lowest BCUT2D eigenvalue weighted by molar-refractivity contribution is -0.151. The number of halogens is 1. The molecule has 0 aromatic heterocycles. The quantitative estimate of drug-likeness (QED) is 0.576. The number of ether oxygens (including phenoxy) is 1. The van der Waals surface area contributed by atoms with Gasteiger partial charge in [0.05, 0.1) is 13.1 Å². The van der Waals surface area contributed by atoms with Crippen LogP contribution in [0.15, 0.2) is 18.2 Å². The number of hydrogen-bond acceptors (Lipinski definition) is 5. The van der Waals surface area contributed by atoms with Crippen LogP contribution in [-0.4, -0.2) is 63.0 Å². The average Bonchev–Trinajstić information content (AvgIpc) is 3.47. The summed E-state index contributed by atoms with van der Waals surface area (Å²) in [5.74, 6) is -2.81. The molecule has 1 aromatic carbocycles. The van der Waals surface area contributed by atoms with E-state index in [1.807, 2.05) is 20.8 Å². The Hall–Kier alpha value is -3.17. The van der Waals surface area contributed by atoms with Gasteiger partial charge in [-0.15, -0.1) is 0 Å². The first-order valence-corrected chi connectivity index (χ1v) is 13.5. The molecule has 1 aromatic rings. The predicted molar refractivity (Wildman–Crippen MR) is 136 cm³/mol. The zero-order chi connectivity index (χ0) is 27.6. The molecule has 1 saturated carbocycles. The second-order valence-corrected chi connectivity index (χ2v) is 11.8. The predicted octanol–water partition coefficient (Wildman–Crippen LogP) is 3.83. The highest BCUT2D eigenvalue weighted by Gasteiger charge is 2.46. The van der Waals surface area contributed by atoms with E-state index in [-0.39, 0.29) is 56.0 Å². The number of fused-ring (bicyclic) bond motifs is 1. The van der Waals surface area contributed by atoms with Crippen molar-refractivity contribution >= 4 is 23.9 Å². The van der Waals surface area contributed by atoms with E-state index < -0.39 is 35.7 Å². The monoisotopic (exact) mass is 531 g/mol. The van der Waals surface area contributed by atoms with Gasteiger partial charge in [0.1, 0.15) is 18.0 Å². The fourth-order valence-corrected chi connectivity index (χ4v) is 5.96. The van der Waals surface area contributed by atoms with Crippen LogP contribution >= 0.6 is 0 Å². The molecule has 2 N–H and O–H groups in total. The summed E-state index contributed by atoms with van der Waals surface area (Å²) in [5.41, 5.74) is 0.698. The number of carboxylic acid groups (broad SMARTS) is 1. The highest BCUT2D eigenvalue weighted by atomic mass is 19.1. The Kier molecular flexibility index (Phi) is 8.28. The van der Waals surface area contributed by atoms with E-state index in [4.69, 9.17) is 4.74 Å². The van der Waals surface area contributed by atoms with Crippen LogP contribution in [0.2, 0.25) is 0 Å². The summed E-state index contributed by atoms with van der Waals surface area (Å²) in [6, 6.07) is 3.54. The summed E-state index contributed by atoms with van der Waals surface area (Å²) in [7, 11) is 0. The van der Waals surface area contributed by atoms with Gasteiger partial charge in [0.2, 0.25) is 11.8 Å². The number of carbonyl (C=O) groups is 4. The van der Waals surface area contributed by atoms with E-state index in [1.54, 1.807) is 12.1 Å². The lowest BCUT2D eigenvalue weighted by atomic mass is 9.77. The van der Waals surface area contributed by atoms with Crippen molar-refractivity contribution in [2.75, 3.05) is 6.54 Å². The second-order valence-electron chi connectivity index (χ2n) is 11.8. The van der Waals surface area contributed by atoms with E-state index in [9.17, 15) is 28.7 Å². The van der Waals surface area contributed by atoms with Crippen LogP contribution in [0.25, 0.3) is 0 Å². The van der Waals surface area contributed by atoms with Gasteiger partial charge in [-0.2, -0.15) is 0 Å². The van der Waals surface area contributed by atoms with Crippen LogP contribution in [0, 0.1) is 17.7 Å². The number of carboxylic acids is 1. The Morgan fingerprint density at radius 1 is 1.13 bits per heavy atom. The molecule has 2 fully saturated rings. The topological polar surface area (TPSA) is 116 Å². The SMILES string of the molecule is CC(C)(C)NC(=O)CC(C(=O)N1CC(OC(=O)N2Cc3cccc(F)c3C2)CC1C(=O)O)C1CCCCC1. The molecule has 2 heterocycles. The Morgan fingerprint density at radius 3 is 2.47 bits per heavy atom. The molecular weight excluding hydrogens is 493 g/mol. The van der Waals surface area contributed by atoms with Crippen LogP contribution < -0.4 is 5.32 Å². The number of hydrogen-bond donors (Lipinski definition) is 2. The number of aliphatic carboxylic acids is 1. The summed E-state index contributed by atoms with van der Waals surface area (Å²) in [4.78, 5) is 54.3. The van der Waals surface area contributed by atoms with Gasteiger partial charge in [0.25, 0.3) is 0 Å². The second kappa shape index (κ2) is 11.3. The summed E-state index contributed by atoms with van der Waals surface area (Å²) in [6.07, 6.45) is 3.13. The fourth-order valence-electron chi connectivity index (χ4n) is 5.96. The van der Waals surface area contributed by atoms with Crippen LogP contribution in [0.1, 0.15) is 76.8 Å². The summed E-state index contributed by atoms with van der Waals surface area (Å²) in [6.45, 7) is 5.84. The van der Waals surface area contributed by atoms with Gasteiger partial charge < -0.3 is 20.1 Å². The minimum Gasteiger partial charge on any atom is -0.480 e. The molecule has 10 heteroatoms. The molecule has 4 rings (SSSR count). The Balaban J connectivity index is 1.45. The standard InChI is InChI=1S/C28H38FN3O6/c1-28(2,3)30-24(33)13-20(17-8-5-4-6-9-17)25(34)32-15-19(12-23(32)26(35)36)38-27(37)31-14-18-10-7-11-22(29)21(18)16-31/h7,10-11,17,19-20,23H,4-6,8-9,12-16H2,1-3H3,(H,30,33)(H,35,36).